The third kappa shape index (κ3) is 3.05. The molecule has 0 radical (unpaired) electrons. The zero-order chi connectivity index (χ0) is 18.0. The normalized spacial score (nSPS) is 10.4. The molecule has 0 aliphatic heterocycles. The lowest BCUT2D eigenvalue weighted by molar-refractivity contribution is -0.0664. The van der Waals surface area contributed by atoms with E-state index in [1.165, 1.54) is 24.3 Å². The van der Waals surface area contributed by atoms with E-state index in [1.54, 1.807) is 6.07 Å². The quantitative estimate of drug-likeness (QED) is 0.363. The van der Waals surface area contributed by atoms with Crippen LogP contribution in [0.15, 0.2) is 30.3 Å². The van der Waals surface area contributed by atoms with Crippen LogP contribution in [0.3, 0.4) is 0 Å². The van der Waals surface area contributed by atoms with Crippen molar-refractivity contribution in [3.8, 4) is 0 Å². The van der Waals surface area contributed by atoms with E-state index in [9.17, 15) is 31.5 Å². The first-order valence-corrected chi connectivity index (χ1v) is 6.32. The van der Waals surface area contributed by atoms with Crippen LogP contribution in [0.5, 0.6) is 0 Å². The number of hydroxylamine groups is 2. The van der Waals surface area contributed by atoms with Crippen molar-refractivity contribution in [2.45, 2.75) is 0 Å². The Morgan fingerprint density at radius 1 is 0.833 bits per heavy atom. The molecule has 0 spiro atoms. The Kier molecular flexibility index (Phi) is 4.82. The van der Waals surface area contributed by atoms with E-state index >= 15 is 0 Å². The fourth-order valence-corrected chi connectivity index (χ4v) is 1.74. The second kappa shape index (κ2) is 6.65. The fraction of sp³-hybridized carbons (Fsp3) is 0.0667. The summed E-state index contributed by atoms with van der Waals surface area (Å²) >= 11 is 0. The average molecular weight is 345 g/mol. The van der Waals surface area contributed by atoms with E-state index in [0.717, 1.165) is 7.05 Å². The summed E-state index contributed by atoms with van der Waals surface area (Å²) in [5.41, 5.74) is -1.72. The Labute approximate surface area is 132 Å². The summed E-state index contributed by atoms with van der Waals surface area (Å²) in [5, 5.41) is 0.0770. The number of hydrogen-bond donors (Lipinski definition) is 0. The molecule has 1 amide bonds. The molecule has 0 bridgehead atoms. The Morgan fingerprint density at radius 2 is 1.29 bits per heavy atom. The summed E-state index contributed by atoms with van der Waals surface area (Å²) in [7, 11) is 0.793. The molecule has 0 unspecified atom stereocenters. The molecule has 9 heteroatoms. The Morgan fingerprint density at radius 3 is 1.79 bits per heavy atom. The van der Waals surface area contributed by atoms with Crippen LogP contribution in [0.2, 0.25) is 0 Å². The van der Waals surface area contributed by atoms with Gasteiger partial charge in [0.05, 0.1) is 5.56 Å². The minimum Gasteiger partial charge on any atom is -0.333 e. The summed E-state index contributed by atoms with van der Waals surface area (Å²) < 4.78 is 66.3. The van der Waals surface area contributed by atoms with Crippen molar-refractivity contribution in [1.82, 2.24) is 5.06 Å². The van der Waals surface area contributed by atoms with Crippen LogP contribution in [0.4, 0.5) is 22.0 Å². The van der Waals surface area contributed by atoms with E-state index in [4.69, 9.17) is 0 Å². The molecule has 0 heterocycles. The molecule has 0 atom stereocenters. The van der Waals surface area contributed by atoms with Gasteiger partial charge in [0.2, 0.25) is 5.82 Å². The summed E-state index contributed by atoms with van der Waals surface area (Å²) in [6, 6.07) is 7.24. The van der Waals surface area contributed by atoms with Gasteiger partial charge in [-0.3, -0.25) is 4.79 Å². The van der Waals surface area contributed by atoms with Gasteiger partial charge in [0.15, 0.2) is 23.3 Å². The Bertz CT molecular complexity index is 781. The van der Waals surface area contributed by atoms with Gasteiger partial charge in [-0.25, -0.2) is 26.7 Å². The molecule has 4 nitrogen and oxygen atoms in total. The summed E-state index contributed by atoms with van der Waals surface area (Å²) in [4.78, 5) is 28.2. The molecule has 2 aromatic rings. The van der Waals surface area contributed by atoms with E-state index in [1.807, 2.05) is 0 Å². The second-order valence-corrected chi connectivity index (χ2v) is 4.49. The predicted octanol–water partition coefficient (Wildman–Crippen LogP) is 3.23. The molecular formula is C15H8F5NO3. The van der Waals surface area contributed by atoms with Gasteiger partial charge in [0, 0.05) is 7.05 Å². The van der Waals surface area contributed by atoms with E-state index in [0.29, 0.717) is 0 Å². The van der Waals surface area contributed by atoms with Crippen LogP contribution < -0.4 is 0 Å². The van der Waals surface area contributed by atoms with Crippen molar-refractivity contribution in [2.24, 2.45) is 0 Å². The molecule has 0 saturated heterocycles. The highest BCUT2D eigenvalue weighted by Crippen LogP contribution is 2.24. The molecule has 0 fully saturated rings. The number of carbonyl (C=O) groups is 2. The van der Waals surface area contributed by atoms with Crippen molar-refractivity contribution in [3.63, 3.8) is 0 Å². The SMILES string of the molecule is CN(OC(=O)c1ccccc1)C(=O)c1c(F)c(F)c(F)c(F)c1F. The molecule has 126 valence electrons. The largest absolute Gasteiger partial charge is 0.363 e. The number of amides is 1. The highest BCUT2D eigenvalue weighted by atomic mass is 19.2. The third-order valence-corrected chi connectivity index (χ3v) is 2.94. The molecule has 0 N–H and O–H groups in total. The number of benzene rings is 2. The van der Waals surface area contributed by atoms with Gasteiger partial charge in [0.25, 0.3) is 5.91 Å². The first-order chi connectivity index (χ1) is 11.3. The number of carbonyl (C=O) groups excluding carboxylic acids is 2. The maximum Gasteiger partial charge on any atom is 0.363 e. The molecule has 0 aliphatic carbocycles. The van der Waals surface area contributed by atoms with Gasteiger partial charge in [-0.15, -0.1) is 0 Å². The van der Waals surface area contributed by atoms with Crippen molar-refractivity contribution in [1.29, 1.82) is 0 Å². The molecule has 2 aromatic carbocycles. The second-order valence-electron chi connectivity index (χ2n) is 4.49. The van der Waals surface area contributed by atoms with Crippen LogP contribution in [0.25, 0.3) is 0 Å². The van der Waals surface area contributed by atoms with Crippen LogP contribution in [-0.4, -0.2) is 24.0 Å². The lowest BCUT2D eigenvalue weighted by Gasteiger charge is -2.17. The van der Waals surface area contributed by atoms with Crippen LogP contribution >= 0.6 is 0 Å². The lowest BCUT2D eigenvalue weighted by Crippen LogP contribution is -2.32. The van der Waals surface area contributed by atoms with Gasteiger partial charge < -0.3 is 4.84 Å². The van der Waals surface area contributed by atoms with Crippen LogP contribution in [0.1, 0.15) is 20.7 Å². The zero-order valence-electron chi connectivity index (χ0n) is 11.9. The van der Waals surface area contributed by atoms with Gasteiger partial charge >= 0.3 is 5.97 Å². The maximum atomic E-state index is 13.6. The van der Waals surface area contributed by atoms with Crippen LogP contribution in [0, 0.1) is 29.1 Å². The van der Waals surface area contributed by atoms with Crippen molar-refractivity contribution >= 4 is 11.9 Å². The van der Waals surface area contributed by atoms with E-state index in [2.05, 4.69) is 4.84 Å². The fourth-order valence-electron chi connectivity index (χ4n) is 1.74. The van der Waals surface area contributed by atoms with Crippen molar-refractivity contribution in [2.75, 3.05) is 7.05 Å². The molecule has 0 aliphatic rings. The van der Waals surface area contributed by atoms with Crippen LogP contribution in [-0.2, 0) is 4.84 Å². The number of halogens is 5. The van der Waals surface area contributed by atoms with Gasteiger partial charge in [-0.2, -0.15) is 5.06 Å². The summed E-state index contributed by atoms with van der Waals surface area (Å²) in [5.74, 6) is -14.4. The van der Waals surface area contributed by atoms with Gasteiger partial charge in [-0.1, -0.05) is 18.2 Å². The highest BCUT2D eigenvalue weighted by molar-refractivity contribution is 5.96. The topological polar surface area (TPSA) is 46.6 Å². The maximum absolute atomic E-state index is 13.6. The molecular weight excluding hydrogens is 337 g/mol. The predicted molar refractivity (Wildman–Crippen MR) is 70.2 cm³/mol. The highest BCUT2D eigenvalue weighted by Gasteiger charge is 2.32. The monoisotopic (exact) mass is 345 g/mol. The first kappa shape index (κ1) is 17.4. The summed E-state index contributed by atoms with van der Waals surface area (Å²) in [6.07, 6.45) is 0. The molecule has 0 saturated carbocycles. The molecule has 2 rings (SSSR count). The van der Waals surface area contributed by atoms with E-state index < -0.39 is 46.5 Å². The number of hydrogen-bond acceptors (Lipinski definition) is 3. The van der Waals surface area contributed by atoms with Crippen molar-refractivity contribution < 1.29 is 36.4 Å². The number of rotatable bonds is 2. The number of nitrogens with zero attached hydrogens (tertiary/aromatic N) is 1. The van der Waals surface area contributed by atoms with E-state index in [-0.39, 0.29) is 10.6 Å². The first-order valence-electron chi connectivity index (χ1n) is 6.32. The molecule has 0 aromatic heterocycles. The minimum absolute atomic E-state index is 0.00885. The Balaban J connectivity index is 2.31. The van der Waals surface area contributed by atoms with Gasteiger partial charge in [-0.05, 0) is 12.1 Å². The minimum atomic E-state index is -2.40. The Hall–Kier alpha value is -2.97. The van der Waals surface area contributed by atoms with Crippen molar-refractivity contribution in [3.05, 3.63) is 70.5 Å². The zero-order valence-corrected chi connectivity index (χ0v) is 11.9. The summed E-state index contributed by atoms with van der Waals surface area (Å²) in [6.45, 7) is 0. The standard InChI is InChI=1S/C15H8F5NO3/c1-21(24-15(23)7-5-3-2-4-6-7)14(22)8-9(16)11(18)13(20)12(19)10(8)17/h2-6H,1H3. The smallest absolute Gasteiger partial charge is 0.333 e. The average Bonchev–Trinajstić information content (AvgIpc) is 2.59. The lowest BCUT2D eigenvalue weighted by atomic mass is 10.1. The third-order valence-electron chi connectivity index (χ3n) is 2.94. The molecule has 24 heavy (non-hydrogen) atoms. The van der Waals surface area contributed by atoms with Gasteiger partial charge in [0.1, 0.15) is 5.56 Å².